The molecule has 0 saturated heterocycles. The molecule has 0 spiro atoms. The first kappa shape index (κ1) is 24.5. The molecule has 3 amide bonds. The predicted octanol–water partition coefficient (Wildman–Crippen LogP) is 2.29. The lowest BCUT2D eigenvalue weighted by molar-refractivity contribution is -0.149. The minimum Gasteiger partial charge on any atom is -0.497 e. The van der Waals surface area contributed by atoms with Gasteiger partial charge in [-0.2, -0.15) is 0 Å². The summed E-state index contributed by atoms with van der Waals surface area (Å²) < 4.78 is 10.1. The summed E-state index contributed by atoms with van der Waals surface area (Å²) >= 11 is 0. The van der Waals surface area contributed by atoms with Gasteiger partial charge in [-0.1, -0.05) is 24.3 Å². The van der Waals surface area contributed by atoms with Crippen LogP contribution in [0, 0.1) is 0 Å². The molecule has 2 aromatic rings. The van der Waals surface area contributed by atoms with E-state index in [-0.39, 0.29) is 11.9 Å². The number of amides is 3. The summed E-state index contributed by atoms with van der Waals surface area (Å²) in [5.41, 5.74) is 1.44. The number of benzene rings is 2. The van der Waals surface area contributed by atoms with Crippen molar-refractivity contribution in [3.05, 3.63) is 65.7 Å². The molecule has 1 aliphatic rings. The van der Waals surface area contributed by atoms with E-state index in [0.29, 0.717) is 17.0 Å². The van der Waals surface area contributed by atoms with Crippen LogP contribution in [-0.2, 0) is 19.1 Å². The Balaban J connectivity index is 1.44. The molecular weight excluding hydrogens is 438 g/mol. The summed E-state index contributed by atoms with van der Waals surface area (Å²) in [4.78, 5) is 48.8. The fraction of sp³-hybridized carbons (Fsp3) is 0.280. The number of rotatable bonds is 10. The Bertz CT molecular complexity index is 1080. The van der Waals surface area contributed by atoms with Gasteiger partial charge in [-0.05, 0) is 55.7 Å². The Morgan fingerprint density at radius 1 is 1.06 bits per heavy atom. The predicted molar refractivity (Wildman–Crippen MR) is 126 cm³/mol. The molecule has 1 saturated carbocycles. The molecule has 9 nitrogen and oxygen atoms in total. The number of nitrogens with one attached hydrogen (secondary N) is 3. The van der Waals surface area contributed by atoms with E-state index in [1.165, 1.54) is 13.0 Å². The first-order valence-electron chi connectivity index (χ1n) is 10.8. The van der Waals surface area contributed by atoms with Crippen molar-refractivity contribution in [2.45, 2.75) is 31.8 Å². The lowest BCUT2D eigenvalue weighted by Crippen LogP contribution is -2.39. The third-order valence-corrected chi connectivity index (χ3v) is 4.96. The van der Waals surface area contributed by atoms with Crippen molar-refractivity contribution in [1.82, 2.24) is 10.6 Å². The van der Waals surface area contributed by atoms with Crippen molar-refractivity contribution < 1.29 is 28.7 Å². The average molecular weight is 466 g/mol. The molecular formula is C25H27N3O6. The monoisotopic (exact) mass is 465 g/mol. The Labute approximate surface area is 197 Å². The second-order valence-corrected chi connectivity index (χ2v) is 7.79. The van der Waals surface area contributed by atoms with Gasteiger partial charge in [0.15, 0.2) is 6.61 Å². The number of para-hydroxylation sites is 1. The van der Waals surface area contributed by atoms with Crippen LogP contribution >= 0.6 is 0 Å². The first-order chi connectivity index (χ1) is 16.4. The lowest BCUT2D eigenvalue weighted by atomic mass is 10.1. The largest absolute Gasteiger partial charge is 0.497 e. The van der Waals surface area contributed by atoms with Crippen molar-refractivity contribution >= 4 is 35.5 Å². The zero-order valence-corrected chi connectivity index (χ0v) is 19.0. The molecule has 0 radical (unpaired) electrons. The van der Waals surface area contributed by atoms with E-state index in [4.69, 9.17) is 9.47 Å². The van der Waals surface area contributed by atoms with Gasteiger partial charge in [-0.15, -0.1) is 0 Å². The lowest BCUT2D eigenvalue weighted by Gasteiger charge is -2.13. The molecule has 2 aromatic carbocycles. The SMILES string of the molecule is COc1ccc(/C=C/C(=O)N[C@@H](C)C(=O)OCC(=O)Nc2ccccc2C(=O)NC2CC2)cc1. The number of carbonyl (C=O) groups is 4. The molecule has 3 rings (SSSR count). The van der Waals surface area contributed by atoms with Crippen LogP contribution in [0.5, 0.6) is 5.75 Å². The average Bonchev–Trinajstić information content (AvgIpc) is 3.65. The van der Waals surface area contributed by atoms with Gasteiger partial charge in [0.2, 0.25) is 5.91 Å². The van der Waals surface area contributed by atoms with E-state index in [1.807, 2.05) is 0 Å². The van der Waals surface area contributed by atoms with E-state index >= 15 is 0 Å². The molecule has 9 heteroatoms. The highest BCUT2D eigenvalue weighted by molar-refractivity contribution is 6.04. The molecule has 178 valence electrons. The van der Waals surface area contributed by atoms with E-state index in [9.17, 15) is 19.2 Å². The van der Waals surface area contributed by atoms with Gasteiger partial charge >= 0.3 is 5.97 Å². The summed E-state index contributed by atoms with van der Waals surface area (Å²) in [5.74, 6) is -1.42. The van der Waals surface area contributed by atoms with Crippen LogP contribution in [0.25, 0.3) is 6.08 Å². The van der Waals surface area contributed by atoms with Gasteiger partial charge in [0, 0.05) is 12.1 Å². The number of hydrogen-bond donors (Lipinski definition) is 3. The van der Waals surface area contributed by atoms with Crippen LogP contribution < -0.4 is 20.7 Å². The van der Waals surface area contributed by atoms with Gasteiger partial charge in [0.05, 0.1) is 18.4 Å². The molecule has 0 aromatic heterocycles. The van der Waals surface area contributed by atoms with Crippen LogP contribution in [-0.4, -0.2) is 49.5 Å². The molecule has 3 N–H and O–H groups in total. The summed E-state index contributed by atoms with van der Waals surface area (Å²) in [6, 6.07) is 12.9. The molecule has 0 heterocycles. The van der Waals surface area contributed by atoms with E-state index in [1.54, 1.807) is 61.7 Å². The maximum absolute atomic E-state index is 12.3. The maximum Gasteiger partial charge on any atom is 0.328 e. The third-order valence-electron chi connectivity index (χ3n) is 4.96. The number of anilines is 1. The molecule has 1 fully saturated rings. The number of ether oxygens (including phenoxy) is 2. The molecule has 1 aliphatic carbocycles. The van der Waals surface area contributed by atoms with Crippen LogP contribution in [0.2, 0.25) is 0 Å². The number of hydrogen-bond acceptors (Lipinski definition) is 6. The summed E-state index contributed by atoms with van der Waals surface area (Å²) in [7, 11) is 1.57. The summed E-state index contributed by atoms with van der Waals surface area (Å²) in [6.45, 7) is 0.899. The second-order valence-electron chi connectivity index (χ2n) is 7.79. The van der Waals surface area contributed by atoms with Gasteiger partial charge in [0.25, 0.3) is 11.8 Å². The first-order valence-corrected chi connectivity index (χ1v) is 10.8. The molecule has 1 atom stereocenters. The highest BCUT2D eigenvalue weighted by atomic mass is 16.5. The van der Waals surface area contributed by atoms with Gasteiger partial charge in [-0.3, -0.25) is 14.4 Å². The van der Waals surface area contributed by atoms with Crippen LogP contribution in [0.3, 0.4) is 0 Å². The Morgan fingerprint density at radius 3 is 2.44 bits per heavy atom. The Kier molecular flexibility index (Phi) is 8.39. The number of carbonyl (C=O) groups excluding carboxylic acids is 4. The van der Waals surface area contributed by atoms with E-state index in [0.717, 1.165) is 18.4 Å². The Morgan fingerprint density at radius 2 is 1.76 bits per heavy atom. The minimum absolute atomic E-state index is 0.181. The highest BCUT2D eigenvalue weighted by Gasteiger charge is 2.25. The molecule has 0 bridgehead atoms. The van der Waals surface area contributed by atoms with Gasteiger partial charge in [0.1, 0.15) is 11.8 Å². The van der Waals surface area contributed by atoms with Crippen molar-refractivity contribution in [2.24, 2.45) is 0 Å². The summed E-state index contributed by atoms with van der Waals surface area (Å²) in [5, 5.41) is 7.93. The standard InChI is InChI=1S/C25H27N3O6/c1-16(26-22(29)14-9-17-7-12-19(33-2)13-8-17)25(32)34-15-23(30)28-21-6-4-3-5-20(21)24(31)27-18-10-11-18/h3-9,12-14,16,18H,10-11,15H2,1-2H3,(H,26,29)(H,27,31)(H,28,30)/b14-9+/t16-/m0/s1. The smallest absolute Gasteiger partial charge is 0.328 e. The van der Waals surface area contributed by atoms with Crippen molar-refractivity contribution in [1.29, 1.82) is 0 Å². The second kappa shape index (κ2) is 11.6. The zero-order chi connectivity index (χ0) is 24.5. The Hall–Kier alpha value is -4.14. The quantitative estimate of drug-likeness (QED) is 0.366. The third kappa shape index (κ3) is 7.47. The molecule has 0 unspecified atom stereocenters. The van der Waals surface area contributed by atoms with Gasteiger partial charge < -0.3 is 25.4 Å². The minimum atomic E-state index is -0.961. The number of methoxy groups -OCH3 is 1. The van der Waals surface area contributed by atoms with Crippen molar-refractivity contribution in [3.8, 4) is 5.75 Å². The molecule has 0 aliphatic heterocycles. The topological polar surface area (TPSA) is 123 Å². The summed E-state index contributed by atoms with van der Waals surface area (Å²) in [6.07, 6.45) is 4.78. The zero-order valence-electron chi connectivity index (χ0n) is 19.0. The molecule has 34 heavy (non-hydrogen) atoms. The maximum atomic E-state index is 12.3. The normalized spacial score (nSPS) is 13.6. The van der Waals surface area contributed by atoms with Crippen molar-refractivity contribution in [3.63, 3.8) is 0 Å². The van der Waals surface area contributed by atoms with E-state index < -0.39 is 30.4 Å². The van der Waals surface area contributed by atoms with Crippen molar-refractivity contribution in [2.75, 3.05) is 19.0 Å². The fourth-order valence-corrected chi connectivity index (χ4v) is 2.94. The van der Waals surface area contributed by atoms with E-state index in [2.05, 4.69) is 16.0 Å². The van der Waals surface area contributed by atoms with Gasteiger partial charge in [-0.25, -0.2) is 4.79 Å². The van der Waals surface area contributed by atoms with Crippen LogP contribution in [0.1, 0.15) is 35.7 Å². The van der Waals surface area contributed by atoms with Crippen LogP contribution in [0.15, 0.2) is 54.6 Å². The fourth-order valence-electron chi connectivity index (χ4n) is 2.94. The highest BCUT2D eigenvalue weighted by Crippen LogP contribution is 2.21. The van der Waals surface area contributed by atoms with Crippen LogP contribution in [0.4, 0.5) is 5.69 Å². The number of esters is 1.